The van der Waals surface area contributed by atoms with Crippen LogP contribution in [0.4, 0.5) is 0 Å². The molecular formula is C22H28N4O4S2. The van der Waals surface area contributed by atoms with Crippen LogP contribution in [-0.4, -0.2) is 55.5 Å². The van der Waals surface area contributed by atoms with Gasteiger partial charge in [0.2, 0.25) is 10.0 Å². The largest absolute Gasteiger partial charge is 0.485 e. The van der Waals surface area contributed by atoms with Gasteiger partial charge in [-0.25, -0.2) is 13.1 Å². The summed E-state index contributed by atoms with van der Waals surface area (Å²) in [5, 5.41) is 9.40. The molecule has 0 aliphatic carbocycles. The second-order valence-corrected chi connectivity index (χ2v) is 9.96. The highest BCUT2D eigenvalue weighted by molar-refractivity contribution is 7.99. The summed E-state index contributed by atoms with van der Waals surface area (Å²) in [6.07, 6.45) is 1.84. The number of nitrogens with zero attached hydrogens (tertiary/aromatic N) is 3. The third-order valence-electron chi connectivity index (χ3n) is 4.56. The van der Waals surface area contributed by atoms with Gasteiger partial charge in [0.1, 0.15) is 12.4 Å². The summed E-state index contributed by atoms with van der Waals surface area (Å²) in [6.45, 7) is 1.79. The summed E-state index contributed by atoms with van der Waals surface area (Å²) in [5.74, 6) is 2.20. The molecule has 1 aromatic heterocycles. The van der Waals surface area contributed by atoms with Gasteiger partial charge in [-0.1, -0.05) is 60.3 Å². The van der Waals surface area contributed by atoms with Crippen LogP contribution in [-0.2, 0) is 27.9 Å². The molecule has 0 aliphatic rings. The fourth-order valence-electron chi connectivity index (χ4n) is 3.02. The molecule has 0 radical (unpaired) electrons. The van der Waals surface area contributed by atoms with Crippen molar-refractivity contribution in [2.75, 3.05) is 32.3 Å². The van der Waals surface area contributed by atoms with Crippen LogP contribution in [0, 0.1) is 0 Å². The summed E-state index contributed by atoms with van der Waals surface area (Å²) >= 11 is 1.53. The fraction of sp³-hybridized carbons (Fsp3) is 0.364. The number of ether oxygens (including phenoxy) is 2. The Morgan fingerprint density at radius 3 is 2.56 bits per heavy atom. The van der Waals surface area contributed by atoms with Crippen molar-refractivity contribution in [1.82, 2.24) is 19.5 Å². The zero-order valence-corrected chi connectivity index (χ0v) is 19.9. The highest BCUT2D eigenvalue weighted by Gasteiger charge is 2.14. The second kappa shape index (κ2) is 12.0. The van der Waals surface area contributed by atoms with Gasteiger partial charge in [0.05, 0.1) is 12.9 Å². The van der Waals surface area contributed by atoms with Crippen molar-refractivity contribution in [2.24, 2.45) is 0 Å². The van der Waals surface area contributed by atoms with Crippen molar-refractivity contribution in [3.8, 4) is 16.9 Å². The Balaban J connectivity index is 1.67. The van der Waals surface area contributed by atoms with E-state index >= 15 is 0 Å². The van der Waals surface area contributed by atoms with E-state index in [1.165, 1.54) is 11.8 Å². The number of sulfonamides is 1. The van der Waals surface area contributed by atoms with E-state index in [0.29, 0.717) is 37.7 Å². The van der Waals surface area contributed by atoms with Gasteiger partial charge >= 0.3 is 0 Å². The molecule has 0 saturated heterocycles. The van der Waals surface area contributed by atoms with Crippen molar-refractivity contribution >= 4 is 21.8 Å². The van der Waals surface area contributed by atoms with E-state index in [1.807, 2.05) is 47.0 Å². The first-order valence-corrected chi connectivity index (χ1v) is 13.1. The number of nitrogens with one attached hydrogen (secondary N) is 1. The molecule has 0 amide bonds. The molecule has 8 nitrogen and oxygen atoms in total. The van der Waals surface area contributed by atoms with Gasteiger partial charge in [0, 0.05) is 31.5 Å². The summed E-state index contributed by atoms with van der Waals surface area (Å²) in [4.78, 5) is 0. The van der Waals surface area contributed by atoms with Crippen molar-refractivity contribution in [2.45, 2.75) is 24.7 Å². The number of benzene rings is 2. The maximum atomic E-state index is 11.2. The number of aromatic nitrogens is 3. The molecule has 0 spiro atoms. The first-order valence-electron chi connectivity index (χ1n) is 10.2. The standard InChI is InChI=1S/C22H28N4O4S2/c1-29-15-14-26-21(24-25-22(26)31-16-8-13-23-32(2,27)28)17-30-20-12-7-6-11-19(20)18-9-4-3-5-10-18/h3-7,9-12,23H,8,13-17H2,1-2H3. The third-order valence-corrected chi connectivity index (χ3v) is 6.34. The van der Waals surface area contributed by atoms with Crippen LogP contribution < -0.4 is 9.46 Å². The van der Waals surface area contributed by atoms with E-state index in [-0.39, 0.29) is 6.61 Å². The minimum absolute atomic E-state index is 0.275. The van der Waals surface area contributed by atoms with Crippen LogP contribution in [0.15, 0.2) is 59.8 Å². The topological polar surface area (TPSA) is 95.3 Å². The molecule has 1 heterocycles. The van der Waals surface area contributed by atoms with E-state index in [9.17, 15) is 8.42 Å². The Hall–Kier alpha value is -2.40. The maximum Gasteiger partial charge on any atom is 0.208 e. The number of thioether (sulfide) groups is 1. The zero-order valence-electron chi connectivity index (χ0n) is 18.2. The van der Waals surface area contributed by atoms with Gasteiger partial charge in [0.25, 0.3) is 0 Å². The third kappa shape index (κ3) is 7.33. The lowest BCUT2D eigenvalue weighted by atomic mass is 10.1. The van der Waals surface area contributed by atoms with Gasteiger partial charge in [-0.15, -0.1) is 10.2 Å². The summed E-state index contributed by atoms with van der Waals surface area (Å²) in [6, 6.07) is 18.0. The molecule has 2 aromatic carbocycles. The Morgan fingerprint density at radius 2 is 1.81 bits per heavy atom. The fourth-order valence-corrected chi connectivity index (χ4v) is 4.46. The molecule has 1 N–H and O–H groups in total. The maximum absolute atomic E-state index is 11.2. The van der Waals surface area contributed by atoms with Crippen LogP contribution in [0.5, 0.6) is 5.75 Å². The van der Waals surface area contributed by atoms with Crippen LogP contribution in [0.1, 0.15) is 12.2 Å². The zero-order chi connectivity index (χ0) is 22.8. The minimum Gasteiger partial charge on any atom is -0.485 e. The Kier molecular flexibility index (Phi) is 9.10. The van der Waals surface area contributed by atoms with Crippen molar-refractivity contribution in [3.05, 3.63) is 60.4 Å². The van der Waals surface area contributed by atoms with Crippen LogP contribution in [0.3, 0.4) is 0 Å². The molecule has 3 aromatic rings. The summed E-state index contributed by atoms with van der Waals surface area (Å²) in [7, 11) is -1.52. The number of hydrogen-bond donors (Lipinski definition) is 1. The molecule has 0 saturated carbocycles. The van der Waals surface area contributed by atoms with Crippen molar-refractivity contribution in [3.63, 3.8) is 0 Å². The monoisotopic (exact) mass is 476 g/mol. The minimum atomic E-state index is -3.17. The number of para-hydroxylation sites is 1. The average Bonchev–Trinajstić information content (AvgIpc) is 3.17. The second-order valence-electron chi connectivity index (χ2n) is 7.06. The molecule has 0 fully saturated rings. The Bertz CT molecular complexity index is 1090. The van der Waals surface area contributed by atoms with E-state index in [1.54, 1.807) is 7.11 Å². The van der Waals surface area contributed by atoms with Gasteiger partial charge < -0.3 is 14.0 Å². The summed E-state index contributed by atoms with van der Waals surface area (Å²) in [5.41, 5.74) is 2.10. The quantitative estimate of drug-likeness (QED) is 0.299. The molecule has 10 heteroatoms. The molecule has 0 atom stereocenters. The highest BCUT2D eigenvalue weighted by atomic mass is 32.2. The lowest BCUT2D eigenvalue weighted by Crippen LogP contribution is -2.23. The first kappa shape index (κ1) is 24.2. The molecule has 3 rings (SSSR count). The normalized spacial score (nSPS) is 11.6. The predicted octanol–water partition coefficient (Wildman–Crippen LogP) is 3.20. The molecule has 0 bridgehead atoms. The van der Waals surface area contributed by atoms with E-state index in [0.717, 1.165) is 28.3 Å². The Labute approximate surface area is 193 Å². The van der Waals surface area contributed by atoms with Gasteiger partial charge in [-0.2, -0.15) is 0 Å². The molecule has 0 unspecified atom stereocenters. The molecule has 32 heavy (non-hydrogen) atoms. The number of hydrogen-bond acceptors (Lipinski definition) is 7. The molecule has 0 aliphatic heterocycles. The first-order chi connectivity index (χ1) is 15.5. The SMILES string of the molecule is COCCn1c(COc2ccccc2-c2ccccc2)nnc1SCCCNS(C)(=O)=O. The van der Waals surface area contributed by atoms with E-state index in [2.05, 4.69) is 27.1 Å². The van der Waals surface area contributed by atoms with Crippen LogP contribution in [0.2, 0.25) is 0 Å². The van der Waals surface area contributed by atoms with E-state index in [4.69, 9.17) is 9.47 Å². The lowest BCUT2D eigenvalue weighted by Gasteiger charge is -2.13. The predicted molar refractivity (Wildman–Crippen MR) is 126 cm³/mol. The lowest BCUT2D eigenvalue weighted by molar-refractivity contribution is 0.181. The molecule has 172 valence electrons. The highest BCUT2D eigenvalue weighted by Crippen LogP contribution is 2.30. The number of methoxy groups -OCH3 is 1. The van der Waals surface area contributed by atoms with Crippen LogP contribution >= 0.6 is 11.8 Å². The Morgan fingerprint density at radius 1 is 1.06 bits per heavy atom. The summed E-state index contributed by atoms with van der Waals surface area (Å²) < 4.78 is 38.2. The molecular weight excluding hydrogens is 448 g/mol. The van der Waals surface area contributed by atoms with Crippen molar-refractivity contribution < 1.29 is 17.9 Å². The van der Waals surface area contributed by atoms with E-state index < -0.39 is 10.0 Å². The number of rotatable bonds is 13. The van der Waals surface area contributed by atoms with Crippen molar-refractivity contribution in [1.29, 1.82) is 0 Å². The van der Waals surface area contributed by atoms with Gasteiger partial charge in [-0.3, -0.25) is 0 Å². The van der Waals surface area contributed by atoms with Crippen LogP contribution in [0.25, 0.3) is 11.1 Å². The van der Waals surface area contributed by atoms with Gasteiger partial charge in [-0.05, 0) is 18.1 Å². The average molecular weight is 477 g/mol. The smallest absolute Gasteiger partial charge is 0.208 e. The van der Waals surface area contributed by atoms with Gasteiger partial charge in [0.15, 0.2) is 11.0 Å².